The van der Waals surface area contributed by atoms with Crippen molar-refractivity contribution in [3.05, 3.63) is 52.5 Å². The van der Waals surface area contributed by atoms with E-state index in [1.165, 1.54) is 10.4 Å². The van der Waals surface area contributed by atoms with Crippen LogP contribution in [0.2, 0.25) is 0 Å². The summed E-state index contributed by atoms with van der Waals surface area (Å²) in [6.45, 7) is 8.01. The van der Waals surface area contributed by atoms with Crippen LogP contribution in [-0.4, -0.2) is 29.1 Å². The van der Waals surface area contributed by atoms with E-state index in [1.54, 1.807) is 0 Å². The Bertz CT molecular complexity index is 485. The first-order valence-corrected chi connectivity index (χ1v) is 8.37. The van der Waals surface area contributed by atoms with Gasteiger partial charge in [-0.1, -0.05) is 6.07 Å². The molecule has 0 spiro atoms. The van der Waals surface area contributed by atoms with E-state index in [0.29, 0.717) is 6.10 Å². The van der Waals surface area contributed by atoms with Gasteiger partial charge in [0.2, 0.25) is 0 Å². The van der Waals surface area contributed by atoms with E-state index < -0.39 is 0 Å². The molecule has 0 radical (unpaired) electrons. The lowest BCUT2D eigenvalue weighted by Gasteiger charge is -2.22. The van der Waals surface area contributed by atoms with Crippen molar-refractivity contribution >= 4 is 11.3 Å². The first-order chi connectivity index (χ1) is 10.2. The maximum absolute atomic E-state index is 5.64. The summed E-state index contributed by atoms with van der Waals surface area (Å²) in [7, 11) is 0. The van der Waals surface area contributed by atoms with Crippen LogP contribution in [0.5, 0.6) is 0 Å². The van der Waals surface area contributed by atoms with E-state index in [0.717, 1.165) is 32.7 Å². The third-order valence-electron chi connectivity index (χ3n) is 3.18. The zero-order valence-corrected chi connectivity index (χ0v) is 13.7. The van der Waals surface area contributed by atoms with Crippen molar-refractivity contribution < 1.29 is 4.74 Å². The lowest BCUT2D eigenvalue weighted by molar-refractivity contribution is 0.0693. The van der Waals surface area contributed by atoms with Gasteiger partial charge < -0.3 is 4.74 Å². The lowest BCUT2D eigenvalue weighted by atomic mass is 10.2. The van der Waals surface area contributed by atoms with Crippen molar-refractivity contribution in [3.63, 3.8) is 0 Å². The van der Waals surface area contributed by atoms with E-state index in [4.69, 9.17) is 4.74 Å². The van der Waals surface area contributed by atoms with Crippen molar-refractivity contribution in [2.45, 2.75) is 39.5 Å². The third kappa shape index (κ3) is 6.38. The lowest BCUT2D eigenvalue weighted by Crippen LogP contribution is -2.25. The molecule has 2 aromatic rings. The minimum absolute atomic E-state index is 0.316. The number of pyridine rings is 1. The Labute approximate surface area is 131 Å². The van der Waals surface area contributed by atoms with Gasteiger partial charge in [-0.15, -0.1) is 11.3 Å². The summed E-state index contributed by atoms with van der Waals surface area (Å²) in [5.41, 5.74) is 1.31. The summed E-state index contributed by atoms with van der Waals surface area (Å²) >= 11 is 1.82. The molecule has 2 rings (SSSR count). The molecular weight excluding hydrogens is 280 g/mol. The summed E-state index contributed by atoms with van der Waals surface area (Å²) in [6.07, 6.45) is 5.10. The number of nitrogens with zero attached hydrogens (tertiary/aromatic N) is 2. The molecule has 21 heavy (non-hydrogen) atoms. The summed E-state index contributed by atoms with van der Waals surface area (Å²) in [5, 5.41) is 2.14. The van der Waals surface area contributed by atoms with Crippen LogP contribution in [0.1, 0.15) is 30.7 Å². The molecule has 0 saturated heterocycles. The first kappa shape index (κ1) is 16.1. The van der Waals surface area contributed by atoms with Gasteiger partial charge in [0.15, 0.2) is 0 Å². The molecule has 2 aromatic heterocycles. The predicted octanol–water partition coefficient (Wildman–Crippen LogP) is 3.96. The average molecular weight is 304 g/mol. The second-order valence-corrected chi connectivity index (χ2v) is 6.45. The number of rotatable bonds is 9. The van der Waals surface area contributed by atoms with E-state index >= 15 is 0 Å². The quantitative estimate of drug-likeness (QED) is 0.656. The van der Waals surface area contributed by atoms with Gasteiger partial charge >= 0.3 is 0 Å². The monoisotopic (exact) mass is 304 g/mol. The highest BCUT2D eigenvalue weighted by Gasteiger charge is 2.08. The molecule has 0 aliphatic rings. The van der Waals surface area contributed by atoms with E-state index in [-0.39, 0.29) is 0 Å². The van der Waals surface area contributed by atoms with Crippen LogP contribution in [0.25, 0.3) is 0 Å². The van der Waals surface area contributed by atoms with Crippen LogP contribution in [0.4, 0.5) is 0 Å². The number of ether oxygens (including phenoxy) is 1. The summed E-state index contributed by atoms with van der Waals surface area (Å²) in [4.78, 5) is 7.97. The van der Waals surface area contributed by atoms with E-state index in [9.17, 15) is 0 Å². The average Bonchev–Trinajstić information content (AvgIpc) is 2.97. The number of thiophene rings is 1. The van der Waals surface area contributed by atoms with Crippen LogP contribution in [0.15, 0.2) is 42.0 Å². The van der Waals surface area contributed by atoms with Crippen LogP contribution in [-0.2, 0) is 17.8 Å². The Balaban J connectivity index is 1.87. The summed E-state index contributed by atoms with van der Waals surface area (Å²) in [6, 6.07) is 8.50. The van der Waals surface area contributed by atoms with E-state index in [2.05, 4.69) is 53.4 Å². The molecule has 0 atom stereocenters. The predicted molar refractivity (Wildman–Crippen MR) is 88.4 cm³/mol. The van der Waals surface area contributed by atoms with Crippen molar-refractivity contribution in [3.8, 4) is 0 Å². The van der Waals surface area contributed by atoms with E-state index in [1.807, 2.05) is 23.7 Å². The van der Waals surface area contributed by atoms with Crippen LogP contribution < -0.4 is 0 Å². The highest BCUT2D eigenvalue weighted by Crippen LogP contribution is 2.14. The number of aromatic nitrogens is 1. The normalized spacial score (nSPS) is 11.4. The molecular formula is C17H24N2OS. The molecule has 0 amide bonds. The Kier molecular flexibility index (Phi) is 6.86. The zero-order valence-electron chi connectivity index (χ0n) is 12.9. The standard InChI is InChI=1S/C17H24N2OS/c1-15(2)20-11-4-10-19(14-17-5-3-12-21-17)13-16-6-8-18-9-7-16/h3,5-9,12,15H,4,10-11,13-14H2,1-2H3. The highest BCUT2D eigenvalue weighted by atomic mass is 32.1. The fraction of sp³-hybridized carbons (Fsp3) is 0.471. The molecule has 114 valence electrons. The van der Waals surface area contributed by atoms with Crippen LogP contribution >= 0.6 is 11.3 Å². The Hall–Kier alpha value is -1.23. The molecule has 0 aliphatic carbocycles. The molecule has 0 aliphatic heterocycles. The Morgan fingerprint density at radius 3 is 2.67 bits per heavy atom. The SMILES string of the molecule is CC(C)OCCCN(Cc1ccncc1)Cc1cccs1. The minimum atomic E-state index is 0.316. The molecule has 0 N–H and O–H groups in total. The Morgan fingerprint density at radius 2 is 2.00 bits per heavy atom. The van der Waals surface area contributed by atoms with Gasteiger partial charge in [-0.3, -0.25) is 9.88 Å². The number of hydrogen-bond donors (Lipinski definition) is 0. The van der Waals surface area contributed by atoms with Crippen molar-refractivity contribution in [2.75, 3.05) is 13.2 Å². The largest absolute Gasteiger partial charge is 0.379 e. The fourth-order valence-electron chi connectivity index (χ4n) is 2.19. The van der Waals surface area contributed by atoms with Gasteiger partial charge in [-0.05, 0) is 49.4 Å². The smallest absolute Gasteiger partial charge is 0.0518 e. The number of hydrogen-bond acceptors (Lipinski definition) is 4. The van der Waals surface area contributed by atoms with Gasteiger partial charge in [0.05, 0.1) is 6.10 Å². The van der Waals surface area contributed by atoms with Gasteiger partial charge in [-0.25, -0.2) is 0 Å². The minimum Gasteiger partial charge on any atom is -0.379 e. The molecule has 0 fully saturated rings. The topological polar surface area (TPSA) is 25.4 Å². The molecule has 3 nitrogen and oxygen atoms in total. The van der Waals surface area contributed by atoms with Crippen molar-refractivity contribution in [1.82, 2.24) is 9.88 Å². The molecule has 0 bridgehead atoms. The first-order valence-electron chi connectivity index (χ1n) is 7.49. The van der Waals surface area contributed by atoms with Gasteiger partial charge in [0, 0.05) is 43.5 Å². The molecule has 0 unspecified atom stereocenters. The van der Waals surface area contributed by atoms with Gasteiger partial charge in [-0.2, -0.15) is 0 Å². The molecule has 4 heteroatoms. The highest BCUT2D eigenvalue weighted by molar-refractivity contribution is 7.09. The second kappa shape index (κ2) is 8.93. The maximum atomic E-state index is 5.64. The summed E-state index contributed by atoms with van der Waals surface area (Å²) < 4.78 is 5.64. The van der Waals surface area contributed by atoms with Crippen molar-refractivity contribution in [1.29, 1.82) is 0 Å². The Morgan fingerprint density at radius 1 is 1.19 bits per heavy atom. The van der Waals surface area contributed by atoms with Gasteiger partial charge in [0.1, 0.15) is 0 Å². The summed E-state index contributed by atoms with van der Waals surface area (Å²) in [5.74, 6) is 0. The second-order valence-electron chi connectivity index (χ2n) is 5.42. The molecule has 0 saturated carbocycles. The zero-order chi connectivity index (χ0) is 14.9. The molecule has 2 heterocycles. The third-order valence-corrected chi connectivity index (χ3v) is 4.05. The van der Waals surface area contributed by atoms with Crippen LogP contribution in [0, 0.1) is 0 Å². The van der Waals surface area contributed by atoms with Crippen LogP contribution in [0.3, 0.4) is 0 Å². The van der Waals surface area contributed by atoms with Gasteiger partial charge in [0.25, 0.3) is 0 Å². The molecule has 0 aromatic carbocycles. The maximum Gasteiger partial charge on any atom is 0.0518 e. The fourth-order valence-corrected chi connectivity index (χ4v) is 2.94. The van der Waals surface area contributed by atoms with Crippen molar-refractivity contribution in [2.24, 2.45) is 0 Å².